The summed E-state index contributed by atoms with van der Waals surface area (Å²) in [6.07, 6.45) is 2.75. The van der Waals surface area contributed by atoms with Crippen molar-refractivity contribution in [2.24, 2.45) is 0 Å². The number of hydrogen-bond acceptors (Lipinski definition) is 7. The molecule has 1 aliphatic rings. The zero-order valence-electron chi connectivity index (χ0n) is 24.5. The molecule has 1 aromatic heterocycles. The molecule has 1 fully saturated rings. The summed E-state index contributed by atoms with van der Waals surface area (Å²) < 4.78 is 35.2. The number of aryl methyl sites for hydroxylation is 2. The molecule has 2 N–H and O–H groups in total. The minimum atomic E-state index is -4.15. The number of nitrogens with zero attached hydrogens (tertiary/aromatic N) is 2. The Labute approximate surface area is 271 Å². The van der Waals surface area contributed by atoms with Crippen molar-refractivity contribution in [3.8, 4) is 5.75 Å². The molecule has 0 spiro atoms. The van der Waals surface area contributed by atoms with E-state index in [1.165, 1.54) is 28.2 Å². The Bertz CT molecular complexity index is 1870. The summed E-state index contributed by atoms with van der Waals surface area (Å²) in [7, 11) is -4.15. The number of pyridine rings is 1. The minimum Gasteiger partial charge on any atom is -0.487 e. The summed E-state index contributed by atoms with van der Waals surface area (Å²) in [5, 5.41) is 12.5. The van der Waals surface area contributed by atoms with Gasteiger partial charge in [0.2, 0.25) is 15.9 Å². The van der Waals surface area contributed by atoms with Crippen LogP contribution in [-0.2, 0) is 28.0 Å². The number of sulfonamides is 1. The number of fused-ring (bicyclic) bond motifs is 1. The lowest BCUT2D eigenvalue weighted by Crippen LogP contribution is -2.45. The van der Waals surface area contributed by atoms with E-state index in [1.54, 1.807) is 6.07 Å². The summed E-state index contributed by atoms with van der Waals surface area (Å²) in [6, 6.07) is 17.0. The molecule has 1 amide bonds. The molecule has 8 nitrogen and oxygen atoms in total. The number of para-hydroxylation sites is 1. The zero-order chi connectivity index (χ0) is 31.6. The normalized spacial score (nSPS) is 15.4. The standard InChI is InChI=1S/C32H32Cl2N4O4S2/c1-19-15-20(2)37-30-23(19)9-5-11-27(30)42-18-24-25(33)12-13-28(29(24)34)44(40,41)38-14-6-10-26(38)32(39)36-17-21-7-4-8-22(16-21)31(35)43-3/h4-5,7-9,11-13,15-16,26,35H,6,10,14,17-18H2,1-3H3,(H,36,39)/t26-/m0/s1. The van der Waals surface area contributed by atoms with Crippen molar-refractivity contribution in [3.05, 3.63) is 98.7 Å². The molecule has 1 atom stereocenters. The van der Waals surface area contributed by atoms with Crippen molar-refractivity contribution in [1.29, 1.82) is 5.41 Å². The van der Waals surface area contributed by atoms with Crippen LogP contribution in [0.5, 0.6) is 5.75 Å². The largest absolute Gasteiger partial charge is 0.487 e. The van der Waals surface area contributed by atoms with Crippen LogP contribution in [0.1, 0.15) is 40.8 Å². The number of rotatable bonds is 9. The lowest BCUT2D eigenvalue weighted by molar-refractivity contribution is -0.124. The number of amides is 1. The van der Waals surface area contributed by atoms with Gasteiger partial charge in [-0.25, -0.2) is 13.4 Å². The van der Waals surface area contributed by atoms with Crippen LogP contribution in [0.2, 0.25) is 10.0 Å². The van der Waals surface area contributed by atoms with Gasteiger partial charge in [0.15, 0.2) is 0 Å². The van der Waals surface area contributed by atoms with E-state index in [1.807, 2.05) is 62.6 Å². The molecule has 44 heavy (non-hydrogen) atoms. The Balaban J connectivity index is 1.35. The molecule has 230 valence electrons. The lowest BCUT2D eigenvalue weighted by atomic mass is 10.1. The van der Waals surface area contributed by atoms with Crippen molar-refractivity contribution in [2.75, 3.05) is 12.8 Å². The zero-order valence-corrected chi connectivity index (χ0v) is 27.6. The van der Waals surface area contributed by atoms with E-state index in [0.717, 1.165) is 27.8 Å². The number of halogens is 2. The first-order valence-corrected chi connectivity index (χ1v) is 17.4. The van der Waals surface area contributed by atoms with E-state index >= 15 is 0 Å². The lowest BCUT2D eigenvalue weighted by Gasteiger charge is -2.24. The Morgan fingerprint density at radius 3 is 2.68 bits per heavy atom. The van der Waals surface area contributed by atoms with Crippen molar-refractivity contribution in [3.63, 3.8) is 0 Å². The van der Waals surface area contributed by atoms with Gasteiger partial charge in [-0.05, 0) is 74.4 Å². The number of ether oxygens (including phenoxy) is 1. The number of carbonyl (C=O) groups excluding carboxylic acids is 1. The number of nitrogens with one attached hydrogen (secondary N) is 2. The van der Waals surface area contributed by atoms with E-state index in [4.69, 9.17) is 33.3 Å². The summed E-state index contributed by atoms with van der Waals surface area (Å²) in [5.74, 6) is 0.140. The molecule has 0 radical (unpaired) electrons. The third kappa shape index (κ3) is 6.60. The molecule has 0 unspecified atom stereocenters. The molecule has 1 saturated heterocycles. The maximum Gasteiger partial charge on any atom is 0.245 e. The van der Waals surface area contributed by atoms with Crippen LogP contribution in [0.3, 0.4) is 0 Å². The van der Waals surface area contributed by atoms with Gasteiger partial charge in [-0.3, -0.25) is 10.2 Å². The number of thioether (sulfide) groups is 1. The fourth-order valence-electron chi connectivity index (χ4n) is 5.39. The second-order valence-electron chi connectivity index (χ2n) is 10.6. The monoisotopic (exact) mass is 670 g/mol. The van der Waals surface area contributed by atoms with E-state index < -0.39 is 16.1 Å². The SMILES string of the molecule is CSC(=N)c1cccc(CNC(=O)[C@@H]2CCCN2S(=O)(=O)c2ccc(Cl)c(COc3cccc4c(C)cc(C)nc34)c2Cl)c1. The highest BCUT2D eigenvalue weighted by atomic mass is 35.5. The highest BCUT2D eigenvalue weighted by Gasteiger charge is 2.40. The van der Waals surface area contributed by atoms with Crippen molar-refractivity contribution in [1.82, 2.24) is 14.6 Å². The first kappa shape index (κ1) is 32.2. The Morgan fingerprint density at radius 1 is 1.14 bits per heavy atom. The van der Waals surface area contributed by atoms with Gasteiger partial charge in [0, 0.05) is 40.3 Å². The molecule has 5 rings (SSSR count). The summed E-state index contributed by atoms with van der Waals surface area (Å²) in [6.45, 7) is 4.24. The van der Waals surface area contributed by atoms with Gasteiger partial charge >= 0.3 is 0 Å². The quantitative estimate of drug-likeness (QED) is 0.148. The van der Waals surface area contributed by atoms with Crippen LogP contribution in [0.4, 0.5) is 0 Å². The topological polar surface area (TPSA) is 112 Å². The van der Waals surface area contributed by atoms with Crippen LogP contribution in [0.25, 0.3) is 10.9 Å². The van der Waals surface area contributed by atoms with E-state index in [9.17, 15) is 13.2 Å². The minimum absolute atomic E-state index is 0.0443. The first-order valence-electron chi connectivity index (χ1n) is 14.0. The Morgan fingerprint density at radius 2 is 1.91 bits per heavy atom. The van der Waals surface area contributed by atoms with Gasteiger partial charge in [-0.1, -0.05) is 53.5 Å². The number of hydrogen-bond donors (Lipinski definition) is 2. The van der Waals surface area contributed by atoms with Crippen molar-refractivity contribution >= 4 is 66.8 Å². The van der Waals surface area contributed by atoms with Gasteiger partial charge in [0.05, 0.1) is 10.1 Å². The predicted molar refractivity (Wildman–Crippen MR) is 178 cm³/mol. The van der Waals surface area contributed by atoms with E-state index in [2.05, 4.69) is 10.3 Å². The summed E-state index contributed by atoms with van der Waals surface area (Å²) in [5.41, 5.74) is 4.51. The predicted octanol–water partition coefficient (Wildman–Crippen LogP) is 6.90. The molecule has 3 aromatic carbocycles. The maximum atomic E-state index is 13.9. The third-order valence-corrected chi connectivity index (χ3v) is 11.1. The van der Waals surface area contributed by atoms with Crippen molar-refractivity contribution < 1.29 is 17.9 Å². The van der Waals surface area contributed by atoms with Crippen LogP contribution in [0.15, 0.2) is 65.6 Å². The van der Waals surface area contributed by atoms with Gasteiger partial charge in [0.25, 0.3) is 0 Å². The summed E-state index contributed by atoms with van der Waals surface area (Å²) in [4.78, 5) is 17.8. The molecule has 12 heteroatoms. The molecule has 1 aliphatic heterocycles. The smallest absolute Gasteiger partial charge is 0.245 e. The average molecular weight is 672 g/mol. The van der Waals surface area contributed by atoms with Crippen LogP contribution in [-0.4, -0.2) is 47.5 Å². The van der Waals surface area contributed by atoms with Crippen LogP contribution >= 0.6 is 35.0 Å². The molecule has 2 heterocycles. The van der Waals surface area contributed by atoms with Gasteiger partial charge in [-0.2, -0.15) is 4.31 Å². The highest BCUT2D eigenvalue weighted by molar-refractivity contribution is 8.13. The van der Waals surface area contributed by atoms with Crippen LogP contribution < -0.4 is 10.1 Å². The summed E-state index contributed by atoms with van der Waals surface area (Å²) >= 11 is 14.6. The second kappa shape index (κ2) is 13.5. The average Bonchev–Trinajstić information content (AvgIpc) is 3.51. The molecule has 0 aliphatic carbocycles. The van der Waals surface area contributed by atoms with Gasteiger partial charge in [0.1, 0.15) is 28.8 Å². The fraction of sp³-hybridized carbons (Fsp3) is 0.281. The fourth-order valence-corrected chi connectivity index (χ4v) is 8.28. The van der Waals surface area contributed by atoms with Crippen LogP contribution in [0, 0.1) is 19.3 Å². The number of carbonyl (C=O) groups is 1. The van der Waals surface area contributed by atoms with Gasteiger partial charge in [-0.15, -0.1) is 11.8 Å². The Kier molecular flexibility index (Phi) is 9.86. The number of aromatic nitrogens is 1. The highest BCUT2D eigenvalue weighted by Crippen LogP contribution is 2.36. The molecule has 0 saturated carbocycles. The second-order valence-corrected chi connectivity index (χ2v) is 14.0. The van der Waals surface area contributed by atoms with Crippen molar-refractivity contribution in [2.45, 2.75) is 50.8 Å². The molecular formula is C32H32Cl2N4O4S2. The van der Waals surface area contributed by atoms with E-state index in [-0.39, 0.29) is 40.5 Å². The molecule has 4 aromatic rings. The third-order valence-electron chi connectivity index (χ3n) is 7.61. The van der Waals surface area contributed by atoms with E-state index in [0.29, 0.717) is 34.7 Å². The molecule has 0 bridgehead atoms. The Hall–Kier alpha value is -3.15. The number of benzene rings is 3. The molecular weight excluding hydrogens is 639 g/mol. The first-order chi connectivity index (χ1) is 21.0. The van der Waals surface area contributed by atoms with Gasteiger partial charge < -0.3 is 10.1 Å². The maximum absolute atomic E-state index is 13.9.